The molecule has 0 spiro atoms. The van der Waals surface area contributed by atoms with Gasteiger partial charge in [-0.3, -0.25) is 0 Å². The van der Waals surface area contributed by atoms with E-state index in [4.69, 9.17) is 16.3 Å². The van der Waals surface area contributed by atoms with Gasteiger partial charge in [0.25, 0.3) is 0 Å². The maximum absolute atomic E-state index is 6.18. The fraction of sp³-hybridized carbons (Fsp3) is 0.625. The number of rotatable bonds is 7. The van der Waals surface area contributed by atoms with Crippen molar-refractivity contribution >= 4 is 11.6 Å². The number of nitrogens with one attached hydrogen (secondary N) is 1. The minimum Gasteiger partial charge on any atom is -0.487 e. The summed E-state index contributed by atoms with van der Waals surface area (Å²) in [5, 5.41) is 4.13. The first-order valence-electron chi connectivity index (χ1n) is 7.03. The number of aryl methyl sites for hydroxylation is 1. The van der Waals surface area contributed by atoms with Crippen LogP contribution in [0.2, 0.25) is 5.02 Å². The Bertz CT molecular complexity index is 390. The minimum absolute atomic E-state index is 0.137. The molecule has 19 heavy (non-hydrogen) atoms. The Balaban J connectivity index is 2.64. The molecule has 1 aromatic carbocycles. The molecule has 108 valence electrons. The lowest BCUT2D eigenvalue weighted by Gasteiger charge is -2.24. The van der Waals surface area contributed by atoms with Crippen LogP contribution in [0, 0.1) is 18.8 Å². The van der Waals surface area contributed by atoms with Crippen molar-refractivity contribution in [3.8, 4) is 5.75 Å². The predicted octanol–water partition coefficient (Wildman–Crippen LogP) is 4.30. The fourth-order valence-corrected chi connectivity index (χ4v) is 1.95. The van der Waals surface area contributed by atoms with Crippen molar-refractivity contribution in [1.29, 1.82) is 0 Å². The molecule has 3 heteroatoms. The van der Waals surface area contributed by atoms with E-state index in [0.717, 1.165) is 24.4 Å². The van der Waals surface area contributed by atoms with Crippen molar-refractivity contribution in [3.05, 3.63) is 28.8 Å². The molecule has 0 saturated heterocycles. The zero-order chi connectivity index (χ0) is 14.4. The fourth-order valence-electron chi connectivity index (χ4n) is 1.79. The highest BCUT2D eigenvalue weighted by atomic mass is 35.5. The Kier molecular flexibility index (Phi) is 6.67. The molecule has 0 radical (unpaired) electrons. The SMILES string of the molecule is Cc1ccc(Cl)c(OC(CNCC(C)C)C(C)C)c1. The quantitative estimate of drug-likeness (QED) is 0.806. The molecular weight excluding hydrogens is 258 g/mol. The molecule has 1 aromatic rings. The van der Waals surface area contributed by atoms with Crippen molar-refractivity contribution < 1.29 is 4.74 Å². The summed E-state index contributed by atoms with van der Waals surface area (Å²) >= 11 is 6.18. The van der Waals surface area contributed by atoms with Crippen molar-refractivity contribution in [1.82, 2.24) is 5.32 Å². The minimum atomic E-state index is 0.137. The van der Waals surface area contributed by atoms with Gasteiger partial charge in [-0.2, -0.15) is 0 Å². The van der Waals surface area contributed by atoms with E-state index < -0.39 is 0 Å². The molecule has 0 amide bonds. The molecule has 1 unspecified atom stereocenters. The van der Waals surface area contributed by atoms with Gasteiger partial charge in [0.1, 0.15) is 11.9 Å². The molecule has 0 heterocycles. The largest absolute Gasteiger partial charge is 0.487 e. The van der Waals surface area contributed by atoms with E-state index in [0.29, 0.717) is 16.9 Å². The van der Waals surface area contributed by atoms with Crippen LogP contribution in [0.25, 0.3) is 0 Å². The van der Waals surface area contributed by atoms with Crippen LogP contribution in [0.1, 0.15) is 33.3 Å². The summed E-state index contributed by atoms with van der Waals surface area (Å²) in [5.41, 5.74) is 1.16. The Labute approximate surface area is 122 Å². The molecule has 0 aliphatic carbocycles. The molecule has 0 fully saturated rings. The highest BCUT2D eigenvalue weighted by Crippen LogP contribution is 2.27. The van der Waals surface area contributed by atoms with Gasteiger partial charge in [-0.15, -0.1) is 0 Å². The normalized spacial score (nSPS) is 13.1. The summed E-state index contributed by atoms with van der Waals surface area (Å²) in [4.78, 5) is 0. The number of ether oxygens (including phenoxy) is 1. The topological polar surface area (TPSA) is 21.3 Å². The first-order chi connectivity index (χ1) is 8.90. The van der Waals surface area contributed by atoms with E-state index in [-0.39, 0.29) is 6.10 Å². The van der Waals surface area contributed by atoms with Crippen molar-refractivity contribution in [3.63, 3.8) is 0 Å². The predicted molar refractivity (Wildman–Crippen MR) is 83.2 cm³/mol. The standard InChI is InChI=1S/C16H26ClNO/c1-11(2)9-18-10-16(12(3)4)19-15-8-13(5)6-7-14(15)17/h6-8,11-12,16,18H,9-10H2,1-5H3. The molecule has 0 bridgehead atoms. The second-order valence-corrected chi connectivity index (χ2v) is 6.29. The molecule has 1 rings (SSSR count). The zero-order valence-corrected chi connectivity index (χ0v) is 13.4. The maximum atomic E-state index is 6.18. The maximum Gasteiger partial charge on any atom is 0.138 e. The average Bonchev–Trinajstić information content (AvgIpc) is 2.31. The van der Waals surface area contributed by atoms with Crippen LogP contribution in [-0.4, -0.2) is 19.2 Å². The van der Waals surface area contributed by atoms with Gasteiger partial charge in [-0.1, -0.05) is 45.4 Å². The van der Waals surface area contributed by atoms with Crippen LogP contribution >= 0.6 is 11.6 Å². The summed E-state index contributed by atoms with van der Waals surface area (Å²) < 4.78 is 6.07. The molecule has 0 saturated carbocycles. The third kappa shape index (κ3) is 5.84. The molecular formula is C16H26ClNO. The summed E-state index contributed by atoms with van der Waals surface area (Å²) in [6.07, 6.45) is 0.137. The molecule has 1 atom stereocenters. The number of benzene rings is 1. The molecule has 1 N–H and O–H groups in total. The third-order valence-corrected chi connectivity index (χ3v) is 3.32. The van der Waals surface area contributed by atoms with Crippen LogP contribution in [-0.2, 0) is 0 Å². The van der Waals surface area contributed by atoms with Crippen molar-refractivity contribution in [2.75, 3.05) is 13.1 Å². The van der Waals surface area contributed by atoms with E-state index in [1.54, 1.807) is 0 Å². The monoisotopic (exact) mass is 283 g/mol. The lowest BCUT2D eigenvalue weighted by molar-refractivity contribution is 0.148. The van der Waals surface area contributed by atoms with Crippen LogP contribution < -0.4 is 10.1 Å². The Morgan fingerprint density at radius 3 is 2.42 bits per heavy atom. The second kappa shape index (κ2) is 7.76. The van der Waals surface area contributed by atoms with E-state index in [9.17, 15) is 0 Å². The second-order valence-electron chi connectivity index (χ2n) is 5.89. The van der Waals surface area contributed by atoms with Gasteiger partial charge < -0.3 is 10.1 Å². The number of hydrogen-bond acceptors (Lipinski definition) is 2. The van der Waals surface area contributed by atoms with E-state index in [1.807, 2.05) is 25.1 Å². The summed E-state index contributed by atoms with van der Waals surface area (Å²) in [7, 11) is 0. The first kappa shape index (κ1) is 16.3. The Morgan fingerprint density at radius 2 is 1.84 bits per heavy atom. The molecule has 2 nitrogen and oxygen atoms in total. The van der Waals surface area contributed by atoms with Gasteiger partial charge in [0.15, 0.2) is 0 Å². The lowest BCUT2D eigenvalue weighted by atomic mass is 10.1. The Hall–Kier alpha value is -0.730. The summed E-state index contributed by atoms with van der Waals surface area (Å²) in [5.74, 6) is 1.87. The van der Waals surface area contributed by atoms with Gasteiger partial charge in [-0.25, -0.2) is 0 Å². The number of halogens is 1. The average molecular weight is 284 g/mol. The van der Waals surface area contributed by atoms with Crippen LogP contribution in [0.3, 0.4) is 0 Å². The van der Waals surface area contributed by atoms with Gasteiger partial charge in [0.05, 0.1) is 5.02 Å². The Morgan fingerprint density at radius 1 is 1.16 bits per heavy atom. The van der Waals surface area contributed by atoms with E-state index >= 15 is 0 Å². The summed E-state index contributed by atoms with van der Waals surface area (Å²) in [6.45, 7) is 12.7. The zero-order valence-electron chi connectivity index (χ0n) is 12.7. The van der Waals surface area contributed by atoms with Crippen LogP contribution in [0.15, 0.2) is 18.2 Å². The molecule has 0 aliphatic rings. The van der Waals surface area contributed by atoms with Crippen molar-refractivity contribution in [2.24, 2.45) is 11.8 Å². The lowest BCUT2D eigenvalue weighted by Crippen LogP contribution is -2.37. The highest BCUT2D eigenvalue weighted by molar-refractivity contribution is 6.32. The van der Waals surface area contributed by atoms with Crippen LogP contribution in [0.5, 0.6) is 5.75 Å². The van der Waals surface area contributed by atoms with Crippen molar-refractivity contribution in [2.45, 2.75) is 40.7 Å². The smallest absolute Gasteiger partial charge is 0.138 e. The third-order valence-electron chi connectivity index (χ3n) is 3.01. The van der Waals surface area contributed by atoms with Gasteiger partial charge in [0, 0.05) is 6.54 Å². The summed E-state index contributed by atoms with van der Waals surface area (Å²) in [6, 6.07) is 5.89. The van der Waals surface area contributed by atoms with E-state index in [1.165, 1.54) is 0 Å². The van der Waals surface area contributed by atoms with E-state index in [2.05, 4.69) is 33.0 Å². The van der Waals surface area contributed by atoms with Gasteiger partial charge in [0.2, 0.25) is 0 Å². The van der Waals surface area contributed by atoms with Gasteiger partial charge in [-0.05, 0) is 43.0 Å². The number of hydrogen-bond donors (Lipinski definition) is 1. The first-order valence-corrected chi connectivity index (χ1v) is 7.41. The molecule has 0 aromatic heterocycles. The highest BCUT2D eigenvalue weighted by Gasteiger charge is 2.16. The van der Waals surface area contributed by atoms with Crippen LogP contribution in [0.4, 0.5) is 0 Å². The van der Waals surface area contributed by atoms with Gasteiger partial charge >= 0.3 is 0 Å². The molecule has 0 aliphatic heterocycles.